The van der Waals surface area contributed by atoms with Gasteiger partial charge in [0.15, 0.2) is 0 Å². The molecule has 0 radical (unpaired) electrons. The van der Waals surface area contributed by atoms with Gasteiger partial charge in [-0.2, -0.15) is 5.10 Å². The minimum Gasteiger partial charge on any atom is -0.348 e. The van der Waals surface area contributed by atoms with Gasteiger partial charge in [0.2, 0.25) is 5.91 Å². The van der Waals surface area contributed by atoms with Gasteiger partial charge in [-0.05, 0) is 75.9 Å². The van der Waals surface area contributed by atoms with Crippen LogP contribution in [0.5, 0.6) is 0 Å². The lowest BCUT2D eigenvalue weighted by Gasteiger charge is -2.35. The van der Waals surface area contributed by atoms with Crippen LogP contribution in [0, 0.1) is 0 Å². The second-order valence-electron chi connectivity index (χ2n) is 9.62. The quantitative estimate of drug-likeness (QED) is 0.593. The van der Waals surface area contributed by atoms with Crippen molar-refractivity contribution in [3.63, 3.8) is 0 Å². The molecule has 5 rings (SSSR count). The largest absolute Gasteiger partial charge is 0.348 e. The molecule has 35 heavy (non-hydrogen) atoms. The fourth-order valence-electron chi connectivity index (χ4n) is 5.30. The van der Waals surface area contributed by atoms with Crippen LogP contribution in [-0.2, 0) is 11.3 Å². The van der Waals surface area contributed by atoms with E-state index in [1.807, 2.05) is 39.9 Å². The van der Waals surface area contributed by atoms with E-state index in [-0.39, 0.29) is 17.9 Å². The summed E-state index contributed by atoms with van der Waals surface area (Å²) in [5.74, 6) is 0.143. The molecule has 8 heteroatoms. The van der Waals surface area contributed by atoms with E-state index >= 15 is 0 Å². The summed E-state index contributed by atoms with van der Waals surface area (Å²) in [6.45, 7) is 6.64. The zero-order valence-electron chi connectivity index (χ0n) is 20.4. The van der Waals surface area contributed by atoms with E-state index < -0.39 is 0 Å². The first-order valence-corrected chi connectivity index (χ1v) is 12.8. The minimum absolute atomic E-state index is 0.0409. The van der Waals surface area contributed by atoms with Crippen LogP contribution in [0.15, 0.2) is 42.7 Å². The van der Waals surface area contributed by atoms with Gasteiger partial charge in [-0.1, -0.05) is 0 Å². The van der Waals surface area contributed by atoms with Gasteiger partial charge in [0.1, 0.15) is 5.69 Å². The third-order valence-electron chi connectivity index (χ3n) is 7.17. The maximum atomic E-state index is 13.2. The highest BCUT2D eigenvalue weighted by molar-refractivity contribution is 6.01. The Balaban J connectivity index is 1.28. The van der Waals surface area contributed by atoms with Gasteiger partial charge < -0.3 is 10.2 Å². The fourth-order valence-corrected chi connectivity index (χ4v) is 5.30. The Morgan fingerprint density at radius 2 is 1.83 bits per heavy atom. The molecule has 3 aromatic rings. The van der Waals surface area contributed by atoms with E-state index in [1.165, 1.54) is 6.42 Å². The number of aromatic nitrogens is 3. The minimum atomic E-state index is -0.0777. The van der Waals surface area contributed by atoms with Crippen molar-refractivity contribution < 1.29 is 9.59 Å². The van der Waals surface area contributed by atoms with E-state index in [2.05, 4.69) is 22.1 Å². The Labute approximate surface area is 206 Å². The van der Waals surface area contributed by atoms with Gasteiger partial charge in [-0.3, -0.25) is 24.2 Å². The topological polar surface area (TPSA) is 83.4 Å². The lowest BCUT2D eigenvalue weighted by atomic mass is 10.0. The van der Waals surface area contributed by atoms with Crippen LogP contribution in [0.4, 0.5) is 0 Å². The molecule has 2 saturated heterocycles. The summed E-state index contributed by atoms with van der Waals surface area (Å²) in [6.07, 6.45) is 8.85. The zero-order valence-corrected chi connectivity index (χ0v) is 20.4. The monoisotopic (exact) mass is 474 g/mol. The second kappa shape index (κ2) is 10.6. The maximum absolute atomic E-state index is 13.2. The average Bonchev–Trinajstić information content (AvgIpc) is 3.28. The highest BCUT2D eigenvalue weighted by Crippen LogP contribution is 2.28. The number of nitrogens with zero attached hydrogens (tertiary/aromatic N) is 5. The molecular formula is C27H34N6O2. The standard InChI is InChI=1S/C27H34N6O2/c1-2-33-24-9-8-21(17-23(24)26(30-33)20-10-12-28-13-11-20)27(35)29-22-7-6-14-31(18-22)19-25(34)32-15-4-3-5-16-32/h8-13,17,22H,2-7,14-16,18-19H2,1H3,(H,29,35). The summed E-state index contributed by atoms with van der Waals surface area (Å²) >= 11 is 0. The molecule has 2 amide bonds. The normalized spacial score (nSPS) is 19.1. The van der Waals surface area contributed by atoms with Crippen LogP contribution in [0.1, 0.15) is 49.4 Å². The van der Waals surface area contributed by atoms with Crippen LogP contribution < -0.4 is 5.32 Å². The SMILES string of the molecule is CCn1nc(-c2ccncc2)c2cc(C(=O)NC3CCCN(CC(=O)N4CCCCC4)C3)ccc21. The van der Waals surface area contributed by atoms with Crippen molar-refractivity contribution in [3.8, 4) is 11.3 Å². The maximum Gasteiger partial charge on any atom is 0.251 e. The molecule has 2 aliphatic rings. The molecule has 8 nitrogen and oxygen atoms in total. The number of rotatable bonds is 6. The van der Waals surface area contributed by atoms with Crippen molar-refractivity contribution in [3.05, 3.63) is 48.3 Å². The van der Waals surface area contributed by atoms with E-state index in [4.69, 9.17) is 5.10 Å². The number of pyridine rings is 1. The van der Waals surface area contributed by atoms with E-state index in [1.54, 1.807) is 12.4 Å². The lowest BCUT2D eigenvalue weighted by Crippen LogP contribution is -2.51. The number of amides is 2. The van der Waals surface area contributed by atoms with Crippen molar-refractivity contribution in [2.24, 2.45) is 0 Å². The highest BCUT2D eigenvalue weighted by Gasteiger charge is 2.26. The number of benzene rings is 1. The number of nitrogens with one attached hydrogen (secondary N) is 1. The van der Waals surface area contributed by atoms with Crippen molar-refractivity contribution in [2.75, 3.05) is 32.7 Å². The Morgan fingerprint density at radius 1 is 1.03 bits per heavy atom. The van der Waals surface area contributed by atoms with Crippen molar-refractivity contribution >= 4 is 22.7 Å². The molecule has 184 valence electrons. The van der Waals surface area contributed by atoms with Gasteiger partial charge in [0.25, 0.3) is 5.91 Å². The average molecular weight is 475 g/mol. The molecular weight excluding hydrogens is 440 g/mol. The molecule has 0 aliphatic carbocycles. The second-order valence-corrected chi connectivity index (χ2v) is 9.62. The fraction of sp³-hybridized carbons (Fsp3) is 0.481. The summed E-state index contributed by atoms with van der Waals surface area (Å²) in [4.78, 5) is 34.2. The predicted octanol–water partition coefficient (Wildman–Crippen LogP) is 3.32. The summed E-state index contributed by atoms with van der Waals surface area (Å²) in [5, 5.41) is 8.97. The smallest absolute Gasteiger partial charge is 0.251 e. The number of fused-ring (bicyclic) bond motifs is 1. The van der Waals surface area contributed by atoms with Gasteiger partial charge in [0, 0.05) is 61.1 Å². The molecule has 0 saturated carbocycles. The van der Waals surface area contributed by atoms with E-state index in [0.29, 0.717) is 18.7 Å². The van der Waals surface area contributed by atoms with E-state index in [0.717, 1.165) is 74.0 Å². The number of piperidine rings is 2. The Kier molecular flexibility index (Phi) is 7.08. The molecule has 4 heterocycles. The summed E-state index contributed by atoms with van der Waals surface area (Å²) < 4.78 is 1.96. The number of aryl methyl sites for hydroxylation is 1. The van der Waals surface area contributed by atoms with E-state index in [9.17, 15) is 9.59 Å². The van der Waals surface area contributed by atoms with Gasteiger partial charge in [-0.25, -0.2) is 0 Å². The van der Waals surface area contributed by atoms with Crippen LogP contribution in [-0.4, -0.2) is 75.1 Å². The molecule has 0 spiro atoms. The molecule has 0 bridgehead atoms. The molecule has 2 aromatic heterocycles. The van der Waals surface area contributed by atoms with Crippen molar-refractivity contribution in [1.82, 2.24) is 29.9 Å². The Hall–Kier alpha value is -3.26. The van der Waals surface area contributed by atoms with Crippen molar-refractivity contribution in [2.45, 2.75) is 51.6 Å². The molecule has 2 fully saturated rings. The summed E-state index contributed by atoms with van der Waals surface area (Å²) in [7, 11) is 0. The highest BCUT2D eigenvalue weighted by atomic mass is 16.2. The first-order chi connectivity index (χ1) is 17.1. The predicted molar refractivity (Wildman–Crippen MR) is 136 cm³/mol. The Morgan fingerprint density at radius 3 is 2.60 bits per heavy atom. The van der Waals surface area contributed by atoms with Crippen LogP contribution in [0.3, 0.4) is 0 Å². The van der Waals surface area contributed by atoms with Gasteiger partial charge >= 0.3 is 0 Å². The molecule has 1 unspecified atom stereocenters. The molecule has 2 aliphatic heterocycles. The first kappa shape index (κ1) is 23.5. The van der Waals surface area contributed by atoms with Gasteiger partial charge in [0.05, 0.1) is 12.1 Å². The number of hydrogen-bond acceptors (Lipinski definition) is 5. The van der Waals surface area contributed by atoms with Crippen LogP contribution >= 0.6 is 0 Å². The van der Waals surface area contributed by atoms with Gasteiger partial charge in [-0.15, -0.1) is 0 Å². The number of likely N-dealkylation sites (tertiary alicyclic amines) is 2. The van der Waals surface area contributed by atoms with Crippen molar-refractivity contribution in [1.29, 1.82) is 0 Å². The molecule has 1 N–H and O–H groups in total. The molecule has 1 atom stereocenters. The Bertz CT molecular complexity index is 1190. The third-order valence-corrected chi connectivity index (χ3v) is 7.17. The number of carbonyl (C=O) groups is 2. The third kappa shape index (κ3) is 5.22. The first-order valence-electron chi connectivity index (χ1n) is 12.8. The lowest BCUT2D eigenvalue weighted by molar-refractivity contribution is -0.133. The summed E-state index contributed by atoms with van der Waals surface area (Å²) in [5.41, 5.74) is 3.48. The molecule has 1 aromatic carbocycles. The van der Waals surface area contributed by atoms with Crippen LogP contribution in [0.25, 0.3) is 22.2 Å². The number of hydrogen-bond donors (Lipinski definition) is 1. The van der Waals surface area contributed by atoms with Crippen LogP contribution in [0.2, 0.25) is 0 Å². The zero-order chi connectivity index (χ0) is 24.2. The number of carbonyl (C=O) groups excluding carboxylic acids is 2. The summed E-state index contributed by atoms with van der Waals surface area (Å²) in [6, 6.07) is 9.73.